The lowest BCUT2D eigenvalue weighted by molar-refractivity contribution is -0.132. The Hall–Kier alpha value is -3.91. The van der Waals surface area contributed by atoms with Gasteiger partial charge in [-0.3, -0.25) is 14.4 Å². The Morgan fingerprint density at radius 1 is 0.848 bits per heavy atom. The highest BCUT2D eigenvalue weighted by atomic mass is 16.5. The Balaban J connectivity index is 1.27. The van der Waals surface area contributed by atoms with Gasteiger partial charge in [-0.1, -0.05) is 31.0 Å². The molecule has 4 rings (SSSR count). The average Bonchev–Trinajstić information content (AvgIpc) is 3.53. The molecule has 1 aliphatic rings. The third-order valence-electron chi connectivity index (χ3n) is 5.37. The second-order valence-electron chi connectivity index (χ2n) is 7.87. The first kappa shape index (κ1) is 22.3. The summed E-state index contributed by atoms with van der Waals surface area (Å²) in [7, 11) is 0. The predicted molar refractivity (Wildman–Crippen MR) is 124 cm³/mol. The fourth-order valence-electron chi connectivity index (χ4n) is 3.60. The van der Waals surface area contributed by atoms with Crippen molar-refractivity contribution in [1.82, 2.24) is 0 Å². The van der Waals surface area contributed by atoms with Gasteiger partial charge in [0.2, 0.25) is 0 Å². The summed E-state index contributed by atoms with van der Waals surface area (Å²) in [6.07, 6.45) is 7.75. The van der Waals surface area contributed by atoms with Crippen molar-refractivity contribution in [3.8, 4) is 0 Å². The molecule has 1 aromatic heterocycles. The maximum atomic E-state index is 12.3. The van der Waals surface area contributed by atoms with Crippen molar-refractivity contribution in [2.75, 3.05) is 16.0 Å². The summed E-state index contributed by atoms with van der Waals surface area (Å²) in [6.45, 7) is 0.535. The van der Waals surface area contributed by atoms with Gasteiger partial charge in [-0.2, -0.15) is 0 Å². The Kier molecular flexibility index (Phi) is 7.16. The smallest absolute Gasteiger partial charge is 0.314 e. The van der Waals surface area contributed by atoms with Gasteiger partial charge in [-0.05, 0) is 54.8 Å². The second-order valence-corrected chi connectivity index (χ2v) is 7.87. The molecule has 1 aliphatic carbocycles. The molecule has 3 aromatic rings. The van der Waals surface area contributed by atoms with E-state index in [1.807, 2.05) is 12.1 Å². The van der Waals surface area contributed by atoms with Gasteiger partial charge >= 0.3 is 11.8 Å². The first-order valence-corrected chi connectivity index (χ1v) is 10.8. The minimum absolute atomic E-state index is 0.338. The first-order chi connectivity index (χ1) is 16.1. The summed E-state index contributed by atoms with van der Waals surface area (Å²) in [5.74, 6) is -1.96. The number of rotatable bonds is 7. The SMILES string of the molecule is O=C(Nc1ccc(COC2CCCC2)cc1)C(=O)Nc1cccc(NC(=O)c2ccoc2)c1. The summed E-state index contributed by atoms with van der Waals surface area (Å²) in [6, 6.07) is 15.3. The summed E-state index contributed by atoms with van der Waals surface area (Å²) < 4.78 is 10.8. The number of ether oxygens (including phenoxy) is 1. The molecule has 1 fully saturated rings. The molecule has 0 saturated heterocycles. The Morgan fingerprint density at radius 3 is 2.18 bits per heavy atom. The van der Waals surface area contributed by atoms with Crippen LogP contribution in [0.25, 0.3) is 0 Å². The minimum atomic E-state index is -0.818. The molecular formula is C25H25N3O5. The van der Waals surface area contributed by atoms with Crippen LogP contribution < -0.4 is 16.0 Å². The molecule has 2 aromatic carbocycles. The topological polar surface area (TPSA) is 110 Å². The molecule has 3 amide bonds. The summed E-state index contributed by atoms with van der Waals surface area (Å²) in [4.78, 5) is 36.7. The summed E-state index contributed by atoms with van der Waals surface area (Å²) in [5.41, 5.74) is 2.74. The molecule has 0 unspecified atom stereocenters. The maximum absolute atomic E-state index is 12.3. The molecule has 0 atom stereocenters. The number of carbonyl (C=O) groups excluding carboxylic acids is 3. The van der Waals surface area contributed by atoms with E-state index in [9.17, 15) is 14.4 Å². The Labute approximate surface area is 191 Å². The lowest BCUT2D eigenvalue weighted by atomic mass is 10.2. The number of furan rings is 1. The second kappa shape index (κ2) is 10.6. The summed E-state index contributed by atoms with van der Waals surface area (Å²) in [5, 5.41) is 7.81. The summed E-state index contributed by atoms with van der Waals surface area (Å²) >= 11 is 0. The molecule has 1 heterocycles. The van der Waals surface area contributed by atoms with Crippen LogP contribution in [0, 0.1) is 0 Å². The molecule has 33 heavy (non-hydrogen) atoms. The fourth-order valence-corrected chi connectivity index (χ4v) is 3.60. The highest BCUT2D eigenvalue weighted by Gasteiger charge is 2.16. The number of amides is 3. The predicted octanol–water partition coefficient (Wildman–Crippen LogP) is 4.57. The molecule has 0 radical (unpaired) electrons. The molecule has 8 heteroatoms. The van der Waals surface area contributed by atoms with Crippen LogP contribution in [0.5, 0.6) is 0 Å². The van der Waals surface area contributed by atoms with Crippen molar-refractivity contribution < 1.29 is 23.5 Å². The standard InChI is InChI=1S/C25H25N3O5/c29-23(18-12-13-32-16-18)27-20-4-3-5-21(14-20)28-25(31)24(30)26-19-10-8-17(9-11-19)15-33-22-6-1-2-7-22/h3-5,8-14,16,22H,1-2,6-7,15H2,(H,26,30)(H,27,29)(H,28,31). The van der Waals surface area contributed by atoms with Crippen molar-refractivity contribution in [2.24, 2.45) is 0 Å². The monoisotopic (exact) mass is 447 g/mol. The van der Waals surface area contributed by atoms with Crippen LogP contribution in [0.2, 0.25) is 0 Å². The Morgan fingerprint density at radius 2 is 1.52 bits per heavy atom. The highest BCUT2D eigenvalue weighted by Crippen LogP contribution is 2.22. The third-order valence-corrected chi connectivity index (χ3v) is 5.37. The van der Waals surface area contributed by atoms with Crippen LogP contribution in [0.15, 0.2) is 71.5 Å². The first-order valence-electron chi connectivity index (χ1n) is 10.8. The minimum Gasteiger partial charge on any atom is -0.472 e. The number of hydrogen-bond donors (Lipinski definition) is 3. The van der Waals surface area contributed by atoms with Crippen LogP contribution in [-0.2, 0) is 20.9 Å². The van der Waals surface area contributed by atoms with Crippen LogP contribution >= 0.6 is 0 Å². The molecular weight excluding hydrogens is 422 g/mol. The zero-order valence-corrected chi connectivity index (χ0v) is 18.0. The van der Waals surface area contributed by atoms with Gasteiger partial charge in [0.1, 0.15) is 6.26 Å². The van der Waals surface area contributed by atoms with Gasteiger partial charge in [0.15, 0.2) is 0 Å². The molecule has 1 saturated carbocycles. The molecule has 0 bridgehead atoms. The van der Waals surface area contributed by atoms with Gasteiger partial charge < -0.3 is 25.1 Å². The Bertz CT molecular complexity index is 1100. The third kappa shape index (κ3) is 6.30. The van der Waals surface area contributed by atoms with E-state index in [-0.39, 0.29) is 5.91 Å². The van der Waals surface area contributed by atoms with Crippen molar-refractivity contribution in [3.05, 3.63) is 78.3 Å². The van der Waals surface area contributed by atoms with Crippen LogP contribution in [0.1, 0.15) is 41.6 Å². The lowest BCUT2D eigenvalue weighted by Crippen LogP contribution is -2.29. The van der Waals surface area contributed by atoms with E-state index >= 15 is 0 Å². The van der Waals surface area contributed by atoms with Crippen molar-refractivity contribution in [2.45, 2.75) is 38.4 Å². The van der Waals surface area contributed by atoms with Gasteiger partial charge in [0, 0.05) is 17.1 Å². The average molecular weight is 447 g/mol. The molecule has 3 N–H and O–H groups in total. The normalized spacial score (nSPS) is 13.5. The number of carbonyl (C=O) groups is 3. The van der Waals surface area contributed by atoms with Gasteiger partial charge in [0.05, 0.1) is 24.5 Å². The van der Waals surface area contributed by atoms with Crippen molar-refractivity contribution >= 4 is 34.8 Å². The van der Waals surface area contributed by atoms with Crippen molar-refractivity contribution in [1.29, 1.82) is 0 Å². The highest BCUT2D eigenvalue weighted by molar-refractivity contribution is 6.43. The lowest BCUT2D eigenvalue weighted by Gasteiger charge is -2.12. The largest absolute Gasteiger partial charge is 0.472 e. The van der Waals surface area contributed by atoms with E-state index in [4.69, 9.17) is 9.15 Å². The zero-order chi connectivity index (χ0) is 23.0. The van der Waals surface area contributed by atoms with E-state index in [1.165, 1.54) is 25.4 Å². The van der Waals surface area contributed by atoms with E-state index in [0.29, 0.717) is 35.3 Å². The molecule has 8 nitrogen and oxygen atoms in total. The van der Waals surface area contributed by atoms with Gasteiger partial charge in [-0.25, -0.2) is 0 Å². The van der Waals surface area contributed by atoms with Gasteiger partial charge in [-0.15, -0.1) is 0 Å². The maximum Gasteiger partial charge on any atom is 0.314 e. The van der Waals surface area contributed by atoms with Crippen LogP contribution in [0.3, 0.4) is 0 Å². The fraction of sp³-hybridized carbons (Fsp3) is 0.240. The number of nitrogens with one attached hydrogen (secondary N) is 3. The quantitative estimate of drug-likeness (QED) is 0.460. The van der Waals surface area contributed by atoms with E-state index in [0.717, 1.165) is 18.4 Å². The van der Waals surface area contributed by atoms with Crippen LogP contribution in [-0.4, -0.2) is 23.8 Å². The molecule has 0 spiro atoms. The number of anilines is 3. The number of hydrogen-bond acceptors (Lipinski definition) is 5. The molecule has 170 valence electrons. The zero-order valence-electron chi connectivity index (χ0n) is 18.0. The van der Waals surface area contributed by atoms with Gasteiger partial charge in [0.25, 0.3) is 5.91 Å². The van der Waals surface area contributed by atoms with Crippen molar-refractivity contribution in [3.63, 3.8) is 0 Å². The molecule has 0 aliphatic heterocycles. The van der Waals surface area contributed by atoms with E-state index < -0.39 is 11.8 Å². The van der Waals surface area contributed by atoms with E-state index in [1.54, 1.807) is 42.5 Å². The van der Waals surface area contributed by atoms with E-state index in [2.05, 4.69) is 16.0 Å². The van der Waals surface area contributed by atoms with Crippen LogP contribution in [0.4, 0.5) is 17.1 Å². The number of benzene rings is 2.